The lowest BCUT2D eigenvalue weighted by atomic mass is 10.0. The summed E-state index contributed by atoms with van der Waals surface area (Å²) in [4.78, 5) is 2.56. The second-order valence-corrected chi connectivity index (χ2v) is 5.53. The first-order valence-electron chi connectivity index (χ1n) is 6.69. The lowest BCUT2D eigenvalue weighted by molar-refractivity contribution is 0.153. The monoisotopic (exact) mass is 228 g/mol. The van der Waals surface area contributed by atoms with E-state index in [-0.39, 0.29) is 12.6 Å². The number of likely N-dealkylation sites (tertiary alicyclic amines) is 1. The van der Waals surface area contributed by atoms with Gasteiger partial charge in [0.25, 0.3) is 0 Å². The summed E-state index contributed by atoms with van der Waals surface area (Å²) in [6.07, 6.45) is 4.81. The third-order valence-corrected chi connectivity index (χ3v) is 3.72. The van der Waals surface area contributed by atoms with E-state index in [4.69, 9.17) is 0 Å². The van der Waals surface area contributed by atoms with Crippen molar-refractivity contribution in [2.75, 3.05) is 26.2 Å². The van der Waals surface area contributed by atoms with Gasteiger partial charge in [0.05, 0.1) is 6.61 Å². The van der Waals surface area contributed by atoms with Crippen molar-refractivity contribution in [1.29, 1.82) is 0 Å². The Balaban J connectivity index is 2.26. The predicted molar refractivity (Wildman–Crippen MR) is 68.7 cm³/mol. The van der Waals surface area contributed by atoms with E-state index in [0.29, 0.717) is 5.54 Å². The van der Waals surface area contributed by atoms with Crippen molar-refractivity contribution in [3.05, 3.63) is 0 Å². The highest BCUT2D eigenvalue weighted by molar-refractivity contribution is 4.88. The third-order valence-electron chi connectivity index (χ3n) is 3.72. The number of hydrogen-bond acceptors (Lipinski definition) is 3. The molecule has 0 spiro atoms. The van der Waals surface area contributed by atoms with Crippen LogP contribution in [-0.4, -0.2) is 47.8 Å². The summed E-state index contributed by atoms with van der Waals surface area (Å²) >= 11 is 0. The summed E-state index contributed by atoms with van der Waals surface area (Å²) in [5.74, 6) is 0. The van der Waals surface area contributed by atoms with Crippen LogP contribution in [0.25, 0.3) is 0 Å². The van der Waals surface area contributed by atoms with Crippen molar-refractivity contribution in [2.24, 2.45) is 0 Å². The van der Waals surface area contributed by atoms with E-state index in [9.17, 15) is 5.11 Å². The first-order chi connectivity index (χ1) is 7.60. The zero-order chi connectivity index (χ0) is 12.0. The number of nitrogens with one attached hydrogen (secondary N) is 1. The molecule has 0 aromatic carbocycles. The molecule has 0 bridgehead atoms. The van der Waals surface area contributed by atoms with Crippen LogP contribution in [-0.2, 0) is 0 Å². The van der Waals surface area contributed by atoms with Crippen molar-refractivity contribution >= 4 is 0 Å². The first kappa shape index (κ1) is 13.9. The molecule has 16 heavy (non-hydrogen) atoms. The van der Waals surface area contributed by atoms with Crippen LogP contribution in [0.2, 0.25) is 0 Å². The van der Waals surface area contributed by atoms with Gasteiger partial charge in [-0.25, -0.2) is 0 Å². The van der Waals surface area contributed by atoms with E-state index in [1.807, 2.05) is 0 Å². The Hall–Kier alpha value is -0.120. The Kier molecular flexibility index (Phi) is 5.73. The molecule has 0 aromatic heterocycles. The summed E-state index contributed by atoms with van der Waals surface area (Å²) in [6, 6.07) is 0.274. The lowest BCUT2D eigenvalue weighted by Gasteiger charge is -2.32. The van der Waals surface area contributed by atoms with Gasteiger partial charge in [-0.1, -0.05) is 6.92 Å². The summed E-state index contributed by atoms with van der Waals surface area (Å²) in [5.41, 5.74) is 0.366. The molecule has 0 aromatic rings. The molecule has 1 aliphatic rings. The molecule has 1 unspecified atom stereocenters. The van der Waals surface area contributed by atoms with Crippen LogP contribution in [0.4, 0.5) is 0 Å². The zero-order valence-corrected chi connectivity index (χ0v) is 11.1. The second-order valence-electron chi connectivity index (χ2n) is 5.53. The van der Waals surface area contributed by atoms with E-state index in [1.165, 1.54) is 19.4 Å². The quantitative estimate of drug-likeness (QED) is 0.695. The minimum atomic E-state index is 0.258. The smallest absolute Gasteiger partial charge is 0.0585 e. The maximum atomic E-state index is 9.28. The topological polar surface area (TPSA) is 35.5 Å². The number of nitrogens with zero attached hydrogens (tertiary/aromatic N) is 1. The summed E-state index contributed by atoms with van der Waals surface area (Å²) < 4.78 is 0. The Bertz CT molecular complexity index is 194. The van der Waals surface area contributed by atoms with Gasteiger partial charge in [-0.3, -0.25) is 4.90 Å². The SMILES string of the molecule is CCCNC(CO)CCN1CCCC1(C)C. The molecular weight excluding hydrogens is 200 g/mol. The molecule has 96 valence electrons. The van der Waals surface area contributed by atoms with Gasteiger partial charge < -0.3 is 10.4 Å². The Morgan fingerprint density at radius 2 is 2.19 bits per heavy atom. The van der Waals surface area contributed by atoms with Gasteiger partial charge in [0.15, 0.2) is 0 Å². The fourth-order valence-electron chi connectivity index (χ4n) is 2.50. The van der Waals surface area contributed by atoms with E-state index in [1.54, 1.807) is 0 Å². The molecule has 3 nitrogen and oxygen atoms in total. The summed E-state index contributed by atoms with van der Waals surface area (Å²) in [5, 5.41) is 12.7. The van der Waals surface area contributed by atoms with Crippen molar-refractivity contribution in [2.45, 2.75) is 58.0 Å². The van der Waals surface area contributed by atoms with Crippen LogP contribution in [0.5, 0.6) is 0 Å². The third kappa shape index (κ3) is 4.04. The minimum absolute atomic E-state index is 0.258. The van der Waals surface area contributed by atoms with Crippen molar-refractivity contribution in [1.82, 2.24) is 10.2 Å². The standard InChI is InChI=1S/C13H28N2O/c1-4-8-14-12(11-16)6-10-15-9-5-7-13(15,2)3/h12,14,16H,4-11H2,1-3H3. The van der Waals surface area contributed by atoms with Crippen LogP contribution in [0.3, 0.4) is 0 Å². The molecule has 1 fully saturated rings. The normalized spacial score (nSPS) is 22.5. The zero-order valence-electron chi connectivity index (χ0n) is 11.1. The fourth-order valence-corrected chi connectivity index (χ4v) is 2.50. The van der Waals surface area contributed by atoms with Gasteiger partial charge in [0.1, 0.15) is 0 Å². The fraction of sp³-hybridized carbons (Fsp3) is 1.00. The Labute approximate surface area is 100 Å². The van der Waals surface area contributed by atoms with Crippen LogP contribution in [0, 0.1) is 0 Å². The molecular formula is C13H28N2O. The summed E-state index contributed by atoms with van der Waals surface area (Å²) in [7, 11) is 0. The van der Waals surface area contributed by atoms with Crippen molar-refractivity contribution in [3.8, 4) is 0 Å². The molecule has 0 saturated carbocycles. The molecule has 1 aliphatic heterocycles. The van der Waals surface area contributed by atoms with Gasteiger partial charge in [0.2, 0.25) is 0 Å². The predicted octanol–water partition coefficient (Wildman–Crippen LogP) is 1.61. The molecule has 1 rings (SSSR count). The van der Waals surface area contributed by atoms with Gasteiger partial charge in [-0.15, -0.1) is 0 Å². The minimum Gasteiger partial charge on any atom is -0.395 e. The van der Waals surface area contributed by atoms with Gasteiger partial charge in [-0.2, -0.15) is 0 Å². The highest BCUT2D eigenvalue weighted by Gasteiger charge is 2.31. The highest BCUT2D eigenvalue weighted by atomic mass is 16.3. The average molecular weight is 228 g/mol. The number of hydrogen-bond donors (Lipinski definition) is 2. The lowest BCUT2D eigenvalue weighted by Crippen LogP contribution is -2.42. The summed E-state index contributed by atoms with van der Waals surface area (Å²) in [6.45, 7) is 10.4. The Morgan fingerprint density at radius 1 is 1.44 bits per heavy atom. The largest absolute Gasteiger partial charge is 0.395 e. The molecule has 1 atom stereocenters. The van der Waals surface area contributed by atoms with Crippen LogP contribution < -0.4 is 5.32 Å². The van der Waals surface area contributed by atoms with Crippen molar-refractivity contribution < 1.29 is 5.11 Å². The molecule has 1 saturated heterocycles. The molecule has 2 N–H and O–H groups in total. The van der Waals surface area contributed by atoms with Crippen LogP contribution in [0.15, 0.2) is 0 Å². The molecule has 0 amide bonds. The number of aliphatic hydroxyl groups is 1. The molecule has 0 radical (unpaired) electrons. The number of aliphatic hydroxyl groups excluding tert-OH is 1. The van der Waals surface area contributed by atoms with Crippen LogP contribution in [0.1, 0.15) is 46.5 Å². The Morgan fingerprint density at radius 3 is 2.69 bits per heavy atom. The van der Waals surface area contributed by atoms with Gasteiger partial charge >= 0.3 is 0 Å². The van der Waals surface area contributed by atoms with E-state index in [2.05, 4.69) is 31.0 Å². The van der Waals surface area contributed by atoms with Crippen LogP contribution >= 0.6 is 0 Å². The van der Waals surface area contributed by atoms with E-state index < -0.39 is 0 Å². The number of rotatable bonds is 7. The second kappa shape index (κ2) is 6.58. The average Bonchev–Trinajstić information content (AvgIpc) is 2.58. The molecule has 0 aliphatic carbocycles. The van der Waals surface area contributed by atoms with E-state index >= 15 is 0 Å². The van der Waals surface area contributed by atoms with E-state index in [0.717, 1.165) is 25.9 Å². The van der Waals surface area contributed by atoms with Gasteiger partial charge in [0, 0.05) is 18.1 Å². The molecule has 3 heteroatoms. The maximum absolute atomic E-state index is 9.28. The maximum Gasteiger partial charge on any atom is 0.0585 e. The molecule has 1 heterocycles. The van der Waals surface area contributed by atoms with Crippen molar-refractivity contribution in [3.63, 3.8) is 0 Å². The van der Waals surface area contributed by atoms with Gasteiger partial charge in [-0.05, 0) is 52.6 Å². The highest BCUT2D eigenvalue weighted by Crippen LogP contribution is 2.28. The first-order valence-corrected chi connectivity index (χ1v) is 6.69.